The van der Waals surface area contributed by atoms with Crippen LogP contribution in [0.2, 0.25) is 0 Å². The first-order chi connectivity index (χ1) is 11.1. The number of aliphatic hydroxyl groups is 1. The molecule has 0 saturated heterocycles. The molecule has 1 aromatic rings. The highest BCUT2D eigenvalue weighted by atomic mass is 32.1. The quantitative estimate of drug-likeness (QED) is 0.837. The molecule has 23 heavy (non-hydrogen) atoms. The second kappa shape index (κ2) is 7.22. The van der Waals surface area contributed by atoms with Crippen molar-refractivity contribution in [3.63, 3.8) is 0 Å². The van der Waals surface area contributed by atoms with Crippen LogP contribution in [-0.2, 0) is 5.41 Å². The van der Waals surface area contributed by atoms with Crippen molar-refractivity contribution in [2.75, 3.05) is 20.1 Å². The molecule has 3 rings (SSSR count). The van der Waals surface area contributed by atoms with Gasteiger partial charge in [0, 0.05) is 30.4 Å². The average Bonchev–Trinajstić information content (AvgIpc) is 3.27. The Balaban J connectivity index is 1.56. The minimum absolute atomic E-state index is 0.0637. The van der Waals surface area contributed by atoms with Gasteiger partial charge in [-0.15, -0.1) is 11.3 Å². The molecule has 0 radical (unpaired) electrons. The lowest BCUT2D eigenvalue weighted by molar-refractivity contribution is 0.112. The van der Waals surface area contributed by atoms with Gasteiger partial charge in [-0.05, 0) is 43.0 Å². The Morgan fingerprint density at radius 1 is 1.43 bits per heavy atom. The fourth-order valence-electron chi connectivity index (χ4n) is 3.69. The SMILES string of the molecule is CN(CC(O)C1CC1)C(=O)NCC1(c2cccs2)CCCCC1. The highest BCUT2D eigenvalue weighted by Gasteiger charge is 2.36. The molecule has 2 aliphatic rings. The van der Waals surface area contributed by atoms with Crippen LogP contribution in [0.5, 0.6) is 0 Å². The minimum Gasteiger partial charge on any atom is -0.391 e. The molecule has 0 spiro atoms. The molecule has 5 heteroatoms. The van der Waals surface area contributed by atoms with Crippen molar-refractivity contribution < 1.29 is 9.90 Å². The van der Waals surface area contributed by atoms with E-state index in [2.05, 4.69) is 22.8 Å². The van der Waals surface area contributed by atoms with Gasteiger partial charge in [-0.3, -0.25) is 0 Å². The number of likely N-dealkylation sites (N-methyl/N-ethyl adjacent to an activating group) is 1. The Labute approximate surface area is 142 Å². The van der Waals surface area contributed by atoms with E-state index in [0.717, 1.165) is 25.7 Å². The molecule has 2 amide bonds. The van der Waals surface area contributed by atoms with Crippen molar-refractivity contribution in [1.82, 2.24) is 10.2 Å². The lowest BCUT2D eigenvalue weighted by Crippen LogP contribution is -2.47. The molecule has 1 aromatic heterocycles. The van der Waals surface area contributed by atoms with Crippen LogP contribution < -0.4 is 5.32 Å². The summed E-state index contributed by atoms with van der Waals surface area (Å²) < 4.78 is 0. The second-order valence-electron chi connectivity index (χ2n) is 7.26. The summed E-state index contributed by atoms with van der Waals surface area (Å²) in [5.74, 6) is 0.404. The van der Waals surface area contributed by atoms with E-state index in [-0.39, 0.29) is 17.6 Å². The van der Waals surface area contributed by atoms with Crippen LogP contribution in [0.4, 0.5) is 4.79 Å². The van der Waals surface area contributed by atoms with Gasteiger partial charge in [-0.25, -0.2) is 4.79 Å². The maximum Gasteiger partial charge on any atom is 0.317 e. The largest absolute Gasteiger partial charge is 0.391 e. The van der Waals surface area contributed by atoms with Crippen LogP contribution in [0.15, 0.2) is 17.5 Å². The molecule has 2 saturated carbocycles. The first kappa shape index (κ1) is 16.8. The van der Waals surface area contributed by atoms with E-state index in [9.17, 15) is 9.90 Å². The third-order valence-electron chi connectivity index (χ3n) is 5.41. The fraction of sp³-hybridized carbons (Fsp3) is 0.722. The molecule has 1 atom stereocenters. The third-order valence-corrected chi connectivity index (χ3v) is 6.52. The molecule has 2 aliphatic carbocycles. The highest BCUT2D eigenvalue weighted by Crippen LogP contribution is 2.41. The summed E-state index contributed by atoms with van der Waals surface area (Å²) in [6.07, 6.45) is 7.91. The number of carbonyl (C=O) groups excluding carboxylic acids is 1. The first-order valence-corrected chi connectivity index (χ1v) is 9.70. The molecule has 0 bridgehead atoms. The number of nitrogens with zero attached hydrogens (tertiary/aromatic N) is 1. The van der Waals surface area contributed by atoms with Gasteiger partial charge in [0.15, 0.2) is 0 Å². The lowest BCUT2D eigenvalue weighted by Gasteiger charge is -2.37. The zero-order valence-corrected chi connectivity index (χ0v) is 14.8. The summed E-state index contributed by atoms with van der Waals surface area (Å²) in [5.41, 5.74) is 0.109. The van der Waals surface area contributed by atoms with Crippen LogP contribution in [0.25, 0.3) is 0 Å². The third kappa shape index (κ3) is 4.07. The van der Waals surface area contributed by atoms with Gasteiger partial charge in [0.1, 0.15) is 0 Å². The van der Waals surface area contributed by atoms with Crippen molar-refractivity contribution in [2.24, 2.45) is 5.92 Å². The number of amides is 2. The molecule has 128 valence electrons. The van der Waals surface area contributed by atoms with Gasteiger partial charge >= 0.3 is 6.03 Å². The van der Waals surface area contributed by atoms with Crippen LogP contribution >= 0.6 is 11.3 Å². The predicted octanol–water partition coefficient (Wildman–Crippen LogP) is 3.36. The van der Waals surface area contributed by atoms with E-state index < -0.39 is 0 Å². The van der Waals surface area contributed by atoms with Crippen molar-refractivity contribution in [3.8, 4) is 0 Å². The van der Waals surface area contributed by atoms with Crippen LogP contribution in [0.1, 0.15) is 49.8 Å². The second-order valence-corrected chi connectivity index (χ2v) is 8.21. The number of carbonyl (C=O) groups is 1. The number of aliphatic hydroxyl groups excluding tert-OH is 1. The van der Waals surface area contributed by atoms with Crippen LogP contribution in [-0.4, -0.2) is 42.3 Å². The zero-order chi connectivity index (χ0) is 16.3. The van der Waals surface area contributed by atoms with Crippen molar-refractivity contribution >= 4 is 17.4 Å². The summed E-state index contributed by atoms with van der Waals surface area (Å²) in [5, 5.41) is 15.3. The highest BCUT2D eigenvalue weighted by molar-refractivity contribution is 7.10. The van der Waals surface area contributed by atoms with E-state index in [1.165, 1.54) is 24.1 Å². The van der Waals surface area contributed by atoms with Crippen molar-refractivity contribution in [2.45, 2.75) is 56.5 Å². The standard InChI is InChI=1S/C18H28N2O2S/c1-20(12-15(21)14-7-8-14)17(22)19-13-18(9-3-2-4-10-18)16-6-5-11-23-16/h5-6,11,14-15,21H,2-4,7-10,12-13H2,1H3,(H,19,22). The van der Waals surface area contributed by atoms with Crippen molar-refractivity contribution in [1.29, 1.82) is 0 Å². The van der Waals surface area contributed by atoms with Gasteiger partial charge in [0.25, 0.3) is 0 Å². The molecule has 1 heterocycles. The molecular weight excluding hydrogens is 308 g/mol. The molecular formula is C18H28N2O2S. The van der Waals surface area contributed by atoms with E-state index >= 15 is 0 Å². The topological polar surface area (TPSA) is 52.6 Å². The summed E-state index contributed by atoms with van der Waals surface area (Å²) in [4.78, 5) is 15.4. The monoisotopic (exact) mass is 336 g/mol. The normalized spacial score (nSPS) is 21.7. The van der Waals surface area contributed by atoms with Gasteiger partial charge in [0.2, 0.25) is 0 Å². The smallest absolute Gasteiger partial charge is 0.317 e. The number of urea groups is 1. The van der Waals surface area contributed by atoms with Crippen LogP contribution in [0.3, 0.4) is 0 Å². The first-order valence-electron chi connectivity index (χ1n) is 8.82. The molecule has 2 fully saturated rings. The Hall–Kier alpha value is -1.07. The maximum absolute atomic E-state index is 12.4. The number of thiophene rings is 1. The zero-order valence-electron chi connectivity index (χ0n) is 14.0. The van der Waals surface area contributed by atoms with Crippen LogP contribution in [0, 0.1) is 5.92 Å². The average molecular weight is 337 g/mol. The number of nitrogens with one attached hydrogen (secondary N) is 1. The molecule has 2 N–H and O–H groups in total. The Kier molecular flexibility index (Phi) is 5.27. The van der Waals surface area contributed by atoms with Gasteiger partial charge < -0.3 is 15.3 Å². The van der Waals surface area contributed by atoms with Gasteiger partial charge in [-0.1, -0.05) is 25.3 Å². The van der Waals surface area contributed by atoms with Gasteiger partial charge in [0.05, 0.1) is 6.10 Å². The minimum atomic E-state index is -0.369. The summed E-state index contributed by atoms with van der Waals surface area (Å²) in [6, 6.07) is 4.25. The summed E-state index contributed by atoms with van der Waals surface area (Å²) >= 11 is 1.81. The van der Waals surface area contributed by atoms with E-state index in [0.29, 0.717) is 19.0 Å². The lowest BCUT2D eigenvalue weighted by atomic mass is 9.73. The predicted molar refractivity (Wildman–Crippen MR) is 93.8 cm³/mol. The van der Waals surface area contributed by atoms with Gasteiger partial charge in [-0.2, -0.15) is 0 Å². The number of rotatable bonds is 6. The maximum atomic E-state index is 12.4. The summed E-state index contributed by atoms with van der Waals surface area (Å²) in [6.45, 7) is 1.14. The van der Waals surface area contributed by atoms with E-state index in [1.54, 1.807) is 23.3 Å². The number of hydrogen-bond acceptors (Lipinski definition) is 3. The Morgan fingerprint density at radius 2 is 2.17 bits per heavy atom. The molecule has 1 unspecified atom stereocenters. The van der Waals surface area contributed by atoms with E-state index in [4.69, 9.17) is 0 Å². The summed E-state index contributed by atoms with van der Waals surface area (Å²) in [7, 11) is 1.78. The molecule has 0 aromatic carbocycles. The molecule has 4 nitrogen and oxygen atoms in total. The molecule has 0 aliphatic heterocycles. The fourth-order valence-corrected chi connectivity index (χ4v) is 4.68. The van der Waals surface area contributed by atoms with E-state index in [1.807, 2.05) is 0 Å². The number of hydrogen-bond donors (Lipinski definition) is 2. The van der Waals surface area contributed by atoms with Crippen molar-refractivity contribution in [3.05, 3.63) is 22.4 Å². The Bertz CT molecular complexity index is 507. The Morgan fingerprint density at radius 3 is 2.78 bits per heavy atom.